The van der Waals surface area contributed by atoms with E-state index in [9.17, 15) is 18.3 Å². The van der Waals surface area contributed by atoms with Crippen LogP contribution in [0.15, 0.2) is 53.4 Å². The van der Waals surface area contributed by atoms with Gasteiger partial charge in [-0.15, -0.1) is 0 Å². The number of hydrogen-bond acceptors (Lipinski definition) is 4. The zero-order valence-electron chi connectivity index (χ0n) is 15.5. The molecule has 1 fully saturated rings. The summed E-state index contributed by atoms with van der Waals surface area (Å²) in [4.78, 5) is 16.5. The Bertz CT molecular complexity index is 1200. The van der Waals surface area contributed by atoms with Crippen molar-refractivity contribution < 1.29 is 18.3 Å². The fourth-order valence-corrected chi connectivity index (χ4v) is 5.33. The van der Waals surface area contributed by atoms with Gasteiger partial charge in [0, 0.05) is 29.1 Å². The van der Waals surface area contributed by atoms with Gasteiger partial charge in [-0.2, -0.15) is 4.31 Å². The molecule has 2 aromatic carbocycles. The van der Waals surface area contributed by atoms with E-state index in [2.05, 4.69) is 4.98 Å². The molecule has 0 spiro atoms. The summed E-state index contributed by atoms with van der Waals surface area (Å²) >= 11 is 6.04. The Hall–Kier alpha value is -2.48. The third kappa shape index (κ3) is 3.85. The second kappa shape index (κ2) is 7.74. The Kier molecular flexibility index (Phi) is 5.29. The van der Waals surface area contributed by atoms with Crippen LogP contribution in [0.5, 0.6) is 0 Å². The van der Waals surface area contributed by atoms with E-state index in [0.29, 0.717) is 40.3 Å². The van der Waals surface area contributed by atoms with Crippen molar-refractivity contribution in [1.82, 2.24) is 9.29 Å². The van der Waals surface area contributed by atoms with Crippen LogP contribution in [0.1, 0.15) is 29.6 Å². The van der Waals surface area contributed by atoms with Crippen molar-refractivity contribution >= 4 is 38.5 Å². The molecule has 3 aromatic rings. The fraction of sp³-hybridized carbons (Fsp3) is 0.238. The first-order valence-corrected chi connectivity index (χ1v) is 11.1. The largest absolute Gasteiger partial charge is 0.478 e. The van der Waals surface area contributed by atoms with Crippen molar-refractivity contribution in [3.05, 3.63) is 59.1 Å². The number of carboxylic acids is 1. The molecule has 0 radical (unpaired) electrons. The average Bonchev–Trinajstić information content (AvgIpc) is 2.73. The molecule has 1 aliphatic heterocycles. The predicted octanol–water partition coefficient (Wildman–Crippen LogP) is 4.43. The van der Waals surface area contributed by atoms with Crippen LogP contribution in [0.3, 0.4) is 0 Å². The highest BCUT2D eigenvalue weighted by Gasteiger charge is 2.27. The van der Waals surface area contributed by atoms with E-state index in [1.807, 2.05) is 0 Å². The summed E-state index contributed by atoms with van der Waals surface area (Å²) in [6, 6.07) is 12.9. The van der Waals surface area contributed by atoms with Gasteiger partial charge >= 0.3 is 5.97 Å². The number of carboxylic acid groups (broad SMARTS) is 1. The molecule has 4 rings (SSSR count). The van der Waals surface area contributed by atoms with E-state index in [0.717, 1.165) is 19.3 Å². The van der Waals surface area contributed by atoms with Crippen LogP contribution >= 0.6 is 11.6 Å². The van der Waals surface area contributed by atoms with Crippen LogP contribution in [-0.4, -0.2) is 41.9 Å². The lowest BCUT2D eigenvalue weighted by molar-refractivity contribution is 0.0699. The number of hydrogen-bond donors (Lipinski definition) is 1. The van der Waals surface area contributed by atoms with Gasteiger partial charge in [0.1, 0.15) is 0 Å². The van der Waals surface area contributed by atoms with Gasteiger partial charge in [0.05, 0.1) is 21.7 Å². The number of nitrogens with zero attached hydrogens (tertiary/aromatic N) is 2. The van der Waals surface area contributed by atoms with Crippen LogP contribution in [0.4, 0.5) is 0 Å². The minimum atomic E-state index is -3.67. The molecule has 1 saturated heterocycles. The highest BCUT2D eigenvalue weighted by atomic mass is 35.5. The first kappa shape index (κ1) is 19.8. The van der Waals surface area contributed by atoms with Gasteiger partial charge in [0.2, 0.25) is 10.0 Å². The molecule has 0 atom stereocenters. The Morgan fingerprint density at radius 1 is 1.03 bits per heavy atom. The minimum absolute atomic E-state index is 0.000620. The highest BCUT2D eigenvalue weighted by molar-refractivity contribution is 7.89. The Balaban J connectivity index is 1.85. The van der Waals surface area contributed by atoms with Crippen molar-refractivity contribution in [3.8, 4) is 11.3 Å². The number of sulfonamides is 1. The average molecular weight is 431 g/mol. The number of halogens is 1. The van der Waals surface area contributed by atoms with Crippen LogP contribution in [0.25, 0.3) is 22.2 Å². The highest BCUT2D eigenvalue weighted by Crippen LogP contribution is 2.29. The van der Waals surface area contributed by atoms with E-state index in [1.165, 1.54) is 22.5 Å². The maximum absolute atomic E-state index is 13.0. The van der Waals surface area contributed by atoms with Gasteiger partial charge in [-0.05, 0) is 49.2 Å². The second-order valence-electron chi connectivity index (χ2n) is 7.01. The number of piperidine rings is 1. The molecule has 0 saturated carbocycles. The van der Waals surface area contributed by atoms with Gasteiger partial charge in [-0.1, -0.05) is 30.2 Å². The van der Waals surface area contributed by atoms with Crippen molar-refractivity contribution in [2.75, 3.05) is 13.1 Å². The van der Waals surface area contributed by atoms with Crippen molar-refractivity contribution in [2.24, 2.45) is 0 Å². The smallest absolute Gasteiger partial charge is 0.336 e. The third-order valence-electron chi connectivity index (χ3n) is 5.08. The first-order chi connectivity index (χ1) is 13.9. The van der Waals surface area contributed by atoms with Crippen LogP contribution in [0.2, 0.25) is 5.02 Å². The maximum atomic E-state index is 13.0. The minimum Gasteiger partial charge on any atom is -0.478 e. The van der Waals surface area contributed by atoms with Crippen molar-refractivity contribution in [2.45, 2.75) is 24.2 Å². The topological polar surface area (TPSA) is 87.6 Å². The molecular formula is C21H19ClN2O4S. The number of carbonyl (C=O) groups is 1. The molecule has 1 aliphatic rings. The molecular weight excluding hydrogens is 412 g/mol. The summed E-state index contributed by atoms with van der Waals surface area (Å²) in [6.45, 7) is 0.968. The maximum Gasteiger partial charge on any atom is 0.336 e. The lowest BCUT2D eigenvalue weighted by atomic mass is 10.0. The van der Waals surface area contributed by atoms with Crippen LogP contribution in [-0.2, 0) is 10.0 Å². The van der Waals surface area contributed by atoms with E-state index in [-0.39, 0.29) is 10.5 Å². The molecule has 150 valence electrons. The Morgan fingerprint density at radius 2 is 1.79 bits per heavy atom. The zero-order valence-corrected chi connectivity index (χ0v) is 17.1. The normalized spacial score (nSPS) is 15.5. The van der Waals surface area contributed by atoms with Crippen molar-refractivity contribution in [1.29, 1.82) is 0 Å². The number of fused-ring (bicyclic) bond motifs is 1. The standard InChI is InChI=1S/C21H19ClN2O4S/c22-15-6-4-5-14(11-15)20-13-18(21(25)26)17-12-16(7-8-19(17)23-20)29(27,28)24-9-2-1-3-10-24/h4-8,11-13H,1-3,9-10H2,(H,25,26). The molecule has 6 nitrogen and oxygen atoms in total. The zero-order chi connectivity index (χ0) is 20.6. The summed E-state index contributed by atoms with van der Waals surface area (Å²) < 4.78 is 27.4. The number of aromatic nitrogens is 1. The Labute approximate surface area is 173 Å². The predicted molar refractivity (Wildman–Crippen MR) is 112 cm³/mol. The molecule has 1 N–H and O–H groups in total. The third-order valence-corrected chi connectivity index (χ3v) is 7.21. The first-order valence-electron chi connectivity index (χ1n) is 9.30. The van der Waals surface area contributed by atoms with Gasteiger partial charge in [-0.25, -0.2) is 18.2 Å². The number of pyridine rings is 1. The molecule has 0 amide bonds. The summed E-state index contributed by atoms with van der Waals surface area (Å²) in [5.41, 5.74) is 1.56. The molecule has 1 aromatic heterocycles. The number of rotatable bonds is 4. The fourth-order valence-electron chi connectivity index (χ4n) is 3.59. The summed E-state index contributed by atoms with van der Waals surface area (Å²) in [6.07, 6.45) is 2.68. The summed E-state index contributed by atoms with van der Waals surface area (Å²) in [7, 11) is -3.67. The number of benzene rings is 2. The van der Waals surface area contributed by atoms with E-state index >= 15 is 0 Å². The van der Waals surface area contributed by atoms with E-state index in [4.69, 9.17) is 11.6 Å². The monoisotopic (exact) mass is 430 g/mol. The van der Waals surface area contributed by atoms with Gasteiger partial charge in [0.15, 0.2) is 0 Å². The number of aromatic carboxylic acids is 1. The van der Waals surface area contributed by atoms with Crippen molar-refractivity contribution in [3.63, 3.8) is 0 Å². The van der Waals surface area contributed by atoms with Gasteiger partial charge in [-0.3, -0.25) is 0 Å². The van der Waals surface area contributed by atoms with Crippen LogP contribution < -0.4 is 0 Å². The van der Waals surface area contributed by atoms with Crippen LogP contribution in [0, 0.1) is 0 Å². The SMILES string of the molecule is O=C(O)c1cc(-c2cccc(Cl)c2)nc2ccc(S(=O)(=O)N3CCCCC3)cc12. The molecule has 8 heteroatoms. The molecule has 2 heterocycles. The lowest BCUT2D eigenvalue weighted by Gasteiger charge is -2.26. The molecule has 29 heavy (non-hydrogen) atoms. The summed E-state index contributed by atoms with van der Waals surface area (Å²) in [5.74, 6) is -1.15. The summed E-state index contributed by atoms with van der Waals surface area (Å²) in [5, 5.41) is 10.5. The van der Waals surface area contributed by atoms with Gasteiger partial charge in [0.25, 0.3) is 0 Å². The quantitative estimate of drug-likeness (QED) is 0.661. The lowest BCUT2D eigenvalue weighted by Crippen LogP contribution is -2.35. The second-order valence-corrected chi connectivity index (χ2v) is 9.39. The Morgan fingerprint density at radius 3 is 2.48 bits per heavy atom. The van der Waals surface area contributed by atoms with E-state index < -0.39 is 16.0 Å². The molecule has 0 bridgehead atoms. The van der Waals surface area contributed by atoms with E-state index in [1.54, 1.807) is 30.3 Å². The van der Waals surface area contributed by atoms with Gasteiger partial charge < -0.3 is 5.11 Å². The molecule has 0 unspecified atom stereocenters. The molecule has 0 aliphatic carbocycles.